The van der Waals surface area contributed by atoms with E-state index in [-0.39, 0.29) is 24.7 Å². The smallest absolute Gasteiger partial charge is 0.252 e. The highest BCUT2D eigenvalue weighted by Gasteiger charge is 2.27. The number of halogens is 1. The van der Waals surface area contributed by atoms with Gasteiger partial charge in [-0.3, -0.25) is 4.79 Å². The summed E-state index contributed by atoms with van der Waals surface area (Å²) in [4.78, 5) is 12.6. The second-order valence-electron chi connectivity index (χ2n) is 5.67. The van der Waals surface area contributed by atoms with E-state index < -0.39 is 10.0 Å². The van der Waals surface area contributed by atoms with Crippen molar-refractivity contribution in [2.24, 2.45) is 0 Å². The molecule has 0 spiro atoms. The SMILES string of the molecule is CNCCCNC(=O)Cc1ccc(S(=O)(=O)N2CCCCC2)s1.Cl. The van der Waals surface area contributed by atoms with E-state index in [2.05, 4.69) is 10.6 Å². The normalized spacial score (nSPS) is 15.7. The highest BCUT2D eigenvalue weighted by Crippen LogP contribution is 2.27. The standard InChI is InChI=1S/C15H25N3O3S2.ClH/c1-16-8-5-9-17-14(19)12-13-6-7-15(22-13)23(20,21)18-10-3-2-4-11-18;/h6-7,16H,2-5,8-12H2,1H3,(H,17,19);1H. The summed E-state index contributed by atoms with van der Waals surface area (Å²) in [7, 11) is -1.52. The number of hydrogen-bond donors (Lipinski definition) is 2. The van der Waals surface area contributed by atoms with Gasteiger partial charge < -0.3 is 10.6 Å². The number of carbonyl (C=O) groups excluding carboxylic acids is 1. The van der Waals surface area contributed by atoms with Gasteiger partial charge in [0.05, 0.1) is 6.42 Å². The minimum Gasteiger partial charge on any atom is -0.356 e. The number of piperidine rings is 1. The van der Waals surface area contributed by atoms with Crippen molar-refractivity contribution in [2.45, 2.75) is 36.3 Å². The van der Waals surface area contributed by atoms with Crippen LogP contribution in [-0.4, -0.2) is 51.9 Å². The quantitative estimate of drug-likeness (QED) is 0.655. The lowest BCUT2D eigenvalue weighted by Gasteiger charge is -2.25. The predicted octanol–water partition coefficient (Wildman–Crippen LogP) is 1.61. The summed E-state index contributed by atoms with van der Waals surface area (Å²) in [6, 6.07) is 3.37. The lowest BCUT2D eigenvalue weighted by atomic mass is 10.2. The summed E-state index contributed by atoms with van der Waals surface area (Å²) < 4.78 is 27.0. The van der Waals surface area contributed by atoms with E-state index in [0.717, 1.165) is 37.1 Å². The van der Waals surface area contributed by atoms with Gasteiger partial charge in [-0.2, -0.15) is 4.31 Å². The Hall–Kier alpha value is -0.670. The molecular formula is C15H26ClN3O3S2. The van der Waals surface area contributed by atoms with Gasteiger partial charge >= 0.3 is 0 Å². The maximum atomic E-state index is 12.6. The lowest BCUT2D eigenvalue weighted by molar-refractivity contribution is -0.120. The number of amides is 1. The molecule has 1 saturated heterocycles. The monoisotopic (exact) mass is 395 g/mol. The van der Waals surface area contributed by atoms with Gasteiger partial charge in [0.1, 0.15) is 4.21 Å². The third-order valence-electron chi connectivity index (χ3n) is 3.81. The molecule has 0 bridgehead atoms. The van der Waals surface area contributed by atoms with Gasteiger partial charge in [0.25, 0.3) is 10.0 Å². The molecule has 1 amide bonds. The average molecular weight is 396 g/mol. The van der Waals surface area contributed by atoms with Crippen LogP contribution in [-0.2, 0) is 21.2 Å². The molecule has 24 heavy (non-hydrogen) atoms. The van der Waals surface area contributed by atoms with E-state index in [1.54, 1.807) is 16.4 Å². The van der Waals surface area contributed by atoms with Crippen molar-refractivity contribution in [2.75, 3.05) is 33.2 Å². The van der Waals surface area contributed by atoms with Crippen molar-refractivity contribution < 1.29 is 13.2 Å². The van der Waals surface area contributed by atoms with E-state index in [0.29, 0.717) is 23.8 Å². The van der Waals surface area contributed by atoms with Gasteiger partial charge in [-0.05, 0) is 45.0 Å². The van der Waals surface area contributed by atoms with E-state index >= 15 is 0 Å². The van der Waals surface area contributed by atoms with Crippen LogP contribution < -0.4 is 10.6 Å². The van der Waals surface area contributed by atoms with Crippen LogP contribution in [0.5, 0.6) is 0 Å². The molecule has 1 aromatic rings. The average Bonchev–Trinajstić information content (AvgIpc) is 3.02. The topological polar surface area (TPSA) is 78.5 Å². The van der Waals surface area contributed by atoms with Gasteiger partial charge in [-0.25, -0.2) is 8.42 Å². The molecule has 2 rings (SSSR count). The van der Waals surface area contributed by atoms with Crippen LogP contribution in [0.1, 0.15) is 30.6 Å². The second-order valence-corrected chi connectivity index (χ2v) is 9.00. The predicted molar refractivity (Wildman–Crippen MR) is 99.4 cm³/mol. The van der Waals surface area contributed by atoms with Crippen LogP contribution in [0, 0.1) is 0 Å². The zero-order chi connectivity index (χ0) is 16.7. The summed E-state index contributed by atoms with van der Waals surface area (Å²) in [5.41, 5.74) is 0. The van der Waals surface area contributed by atoms with Gasteiger partial charge in [0, 0.05) is 24.5 Å². The molecule has 0 saturated carbocycles. The molecule has 6 nitrogen and oxygen atoms in total. The van der Waals surface area contributed by atoms with Crippen LogP contribution >= 0.6 is 23.7 Å². The Bertz CT molecular complexity index is 613. The zero-order valence-electron chi connectivity index (χ0n) is 13.9. The van der Waals surface area contributed by atoms with Crippen molar-refractivity contribution in [1.29, 1.82) is 0 Å². The highest BCUT2D eigenvalue weighted by molar-refractivity contribution is 7.91. The van der Waals surface area contributed by atoms with Crippen molar-refractivity contribution in [3.8, 4) is 0 Å². The molecule has 0 aliphatic carbocycles. The number of sulfonamides is 1. The summed E-state index contributed by atoms with van der Waals surface area (Å²) >= 11 is 1.20. The van der Waals surface area contributed by atoms with Crippen LogP contribution in [0.2, 0.25) is 0 Å². The van der Waals surface area contributed by atoms with Gasteiger partial charge in [-0.15, -0.1) is 23.7 Å². The molecule has 0 atom stereocenters. The first-order valence-electron chi connectivity index (χ1n) is 8.04. The largest absolute Gasteiger partial charge is 0.356 e. The number of rotatable bonds is 8. The molecule has 1 aliphatic rings. The fourth-order valence-electron chi connectivity index (χ4n) is 2.54. The molecule has 2 N–H and O–H groups in total. The van der Waals surface area contributed by atoms with E-state index in [4.69, 9.17) is 0 Å². The highest BCUT2D eigenvalue weighted by atomic mass is 35.5. The fraction of sp³-hybridized carbons (Fsp3) is 0.667. The van der Waals surface area contributed by atoms with Gasteiger partial charge in [-0.1, -0.05) is 6.42 Å². The summed E-state index contributed by atoms with van der Waals surface area (Å²) in [6.07, 6.45) is 4.05. The molecule has 1 aliphatic heterocycles. The first-order chi connectivity index (χ1) is 11.0. The summed E-state index contributed by atoms with van der Waals surface area (Å²) in [5, 5.41) is 5.87. The molecule has 2 heterocycles. The molecule has 1 fully saturated rings. The first kappa shape index (κ1) is 21.4. The van der Waals surface area contributed by atoms with Crippen molar-refractivity contribution in [1.82, 2.24) is 14.9 Å². The third-order valence-corrected chi connectivity index (χ3v) is 7.26. The van der Waals surface area contributed by atoms with Gasteiger partial charge in [0.15, 0.2) is 0 Å². The third kappa shape index (κ3) is 6.00. The van der Waals surface area contributed by atoms with Crippen LogP contribution in [0.3, 0.4) is 0 Å². The maximum absolute atomic E-state index is 12.6. The molecular weight excluding hydrogens is 370 g/mol. The van der Waals surface area contributed by atoms with E-state index in [9.17, 15) is 13.2 Å². The Morgan fingerprint density at radius 3 is 2.58 bits per heavy atom. The van der Waals surface area contributed by atoms with Gasteiger partial charge in [0.2, 0.25) is 5.91 Å². The molecule has 138 valence electrons. The Labute approximate surface area is 154 Å². The minimum absolute atomic E-state index is 0. The summed E-state index contributed by atoms with van der Waals surface area (Å²) in [5.74, 6) is -0.0649. The van der Waals surface area contributed by atoms with Crippen LogP contribution in [0.25, 0.3) is 0 Å². The molecule has 0 radical (unpaired) electrons. The molecule has 0 unspecified atom stereocenters. The van der Waals surface area contributed by atoms with E-state index in [1.807, 2.05) is 7.05 Å². The molecule has 9 heteroatoms. The van der Waals surface area contributed by atoms with Crippen molar-refractivity contribution >= 4 is 39.7 Å². The summed E-state index contributed by atoms with van der Waals surface area (Å²) in [6.45, 7) is 2.69. The Balaban J connectivity index is 0.00000288. The first-order valence-corrected chi connectivity index (χ1v) is 10.3. The van der Waals surface area contributed by atoms with Crippen LogP contribution in [0.4, 0.5) is 0 Å². The van der Waals surface area contributed by atoms with Crippen molar-refractivity contribution in [3.05, 3.63) is 17.0 Å². The van der Waals surface area contributed by atoms with Crippen LogP contribution in [0.15, 0.2) is 16.3 Å². The number of nitrogens with zero attached hydrogens (tertiary/aromatic N) is 1. The molecule has 1 aromatic heterocycles. The number of nitrogens with one attached hydrogen (secondary N) is 2. The Kier molecular flexibility index (Phi) is 9.22. The number of hydrogen-bond acceptors (Lipinski definition) is 5. The zero-order valence-corrected chi connectivity index (χ0v) is 16.4. The lowest BCUT2D eigenvalue weighted by Crippen LogP contribution is -2.35. The fourth-order valence-corrected chi connectivity index (χ4v) is 5.56. The van der Waals surface area contributed by atoms with Crippen molar-refractivity contribution in [3.63, 3.8) is 0 Å². The number of carbonyl (C=O) groups is 1. The second kappa shape index (κ2) is 10.4. The number of thiophene rings is 1. The minimum atomic E-state index is -3.39. The Morgan fingerprint density at radius 2 is 1.92 bits per heavy atom. The van der Waals surface area contributed by atoms with E-state index in [1.165, 1.54) is 11.3 Å². The maximum Gasteiger partial charge on any atom is 0.252 e. The molecule has 0 aromatic carbocycles. The Morgan fingerprint density at radius 1 is 1.21 bits per heavy atom.